The molecule has 0 aromatic rings. The largest absolute Gasteiger partial charge is 0.471 e. The number of carbonyl (C=O) groups excluding carboxylic acids is 3. The van der Waals surface area contributed by atoms with Crippen LogP contribution in [-0.4, -0.2) is 54.2 Å². The van der Waals surface area contributed by atoms with Crippen LogP contribution in [0.5, 0.6) is 0 Å². The van der Waals surface area contributed by atoms with Crippen LogP contribution in [0.1, 0.15) is 33.6 Å². The highest BCUT2D eigenvalue weighted by molar-refractivity contribution is 5.89. The topological polar surface area (TPSA) is 72.9 Å². The van der Waals surface area contributed by atoms with Crippen LogP contribution < -0.4 is 0 Å². The van der Waals surface area contributed by atoms with Crippen LogP contribution in [0.25, 0.3) is 0 Å². The molecule has 1 rings (SSSR count). The summed E-state index contributed by atoms with van der Waals surface area (Å²) in [6.45, 7) is 4.41. The van der Waals surface area contributed by atoms with Gasteiger partial charge in [-0.15, -0.1) is 0 Å². The average Bonchev–Trinajstić information content (AvgIpc) is 2.77. The van der Waals surface area contributed by atoms with Crippen molar-refractivity contribution in [3.63, 3.8) is 0 Å². The van der Waals surface area contributed by atoms with E-state index in [-0.39, 0.29) is 19.4 Å². The third-order valence-corrected chi connectivity index (χ3v) is 3.33. The van der Waals surface area contributed by atoms with Gasteiger partial charge in [-0.05, 0) is 27.2 Å². The third kappa shape index (κ3) is 5.11. The molecule has 23 heavy (non-hydrogen) atoms. The zero-order chi connectivity index (χ0) is 18.0. The maximum atomic E-state index is 12.7. The number of rotatable bonds is 3. The summed E-state index contributed by atoms with van der Waals surface area (Å²) in [7, 11) is 1.14. The predicted octanol–water partition coefficient (Wildman–Crippen LogP) is 1.67. The van der Waals surface area contributed by atoms with Crippen LogP contribution in [0, 0.1) is 5.92 Å². The first-order valence-electron chi connectivity index (χ1n) is 7.04. The molecule has 0 aromatic heterocycles. The predicted molar refractivity (Wildman–Crippen MR) is 72.1 cm³/mol. The van der Waals surface area contributed by atoms with E-state index in [4.69, 9.17) is 4.74 Å². The first-order valence-corrected chi connectivity index (χ1v) is 7.04. The Morgan fingerprint density at radius 3 is 2.17 bits per heavy atom. The van der Waals surface area contributed by atoms with Crippen molar-refractivity contribution < 1.29 is 37.0 Å². The summed E-state index contributed by atoms with van der Waals surface area (Å²) >= 11 is 0. The van der Waals surface area contributed by atoms with Gasteiger partial charge in [0.25, 0.3) is 0 Å². The maximum Gasteiger partial charge on any atom is 0.471 e. The first-order chi connectivity index (χ1) is 10.4. The number of ether oxygens (including phenoxy) is 2. The lowest BCUT2D eigenvalue weighted by atomic mass is 9.96. The number of esters is 2. The minimum absolute atomic E-state index is 0.0842. The average molecular weight is 339 g/mol. The van der Waals surface area contributed by atoms with Crippen molar-refractivity contribution in [2.75, 3.05) is 13.7 Å². The summed E-state index contributed by atoms with van der Waals surface area (Å²) in [5.74, 6) is -4.50. The molecule has 0 spiro atoms. The van der Waals surface area contributed by atoms with E-state index in [0.29, 0.717) is 4.90 Å². The van der Waals surface area contributed by atoms with E-state index in [9.17, 15) is 27.6 Å². The molecular formula is C14H20F3NO5. The zero-order valence-corrected chi connectivity index (χ0v) is 13.4. The number of alkyl halides is 3. The summed E-state index contributed by atoms with van der Waals surface area (Å²) < 4.78 is 47.7. The molecule has 2 atom stereocenters. The van der Waals surface area contributed by atoms with Crippen LogP contribution in [0.4, 0.5) is 13.2 Å². The fraction of sp³-hybridized carbons (Fsp3) is 0.786. The van der Waals surface area contributed by atoms with E-state index < -0.39 is 41.6 Å². The Morgan fingerprint density at radius 1 is 1.17 bits per heavy atom. The van der Waals surface area contributed by atoms with Gasteiger partial charge in [0, 0.05) is 12.5 Å². The van der Waals surface area contributed by atoms with Crippen molar-refractivity contribution >= 4 is 17.8 Å². The number of likely N-dealkylation sites (tertiary alicyclic amines) is 1. The summed E-state index contributed by atoms with van der Waals surface area (Å²) in [5.41, 5.74) is -0.928. The van der Waals surface area contributed by atoms with Gasteiger partial charge in [0.1, 0.15) is 11.6 Å². The SMILES string of the molecule is COC(=O)C[C@@H]1CCN(C(=O)C(F)(F)F)[C@@H]1C(=O)OC(C)(C)C. The van der Waals surface area contributed by atoms with Gasteiger partial charge in [0.15, 0.2) is 0 Å². The molecule has 1 amide bonds. The lowest BCUT2D eigenvalue weighted by Crippen LogP contribution is -2.50. The van der Waals surface area contributed by atoms with E-state index in [1.165, 1.54) is 0 Å². The second kappa shape index (κ2) is 6.76. The molecule has 132 valence electrons. The third-order valence-electron chi connectivity index (χ3n) is 3.33. The summed E-state index contributed by atoms with van der Waals surface area (Å²) in [5, 5.41) is 0. The molecule has 1 aliphatic rings. The van der Waals surface area contributed by atoms with Crippen molar-refractivity contribution in [3.05, 3.63) is 0 Å². The monoisotopic (exact) mass is 339 g/mol. The molecule has 9 heteroatoms. The molecule has 0 radical (unpaired) electrons. The van der Waals surface area contributed by atoms with E-state index in [2.05, 4.69) is 4.74 Å². The molecule has 1 aliphatic heterocycles. The Bertz CT molecular complexity index is 484. The summed E-state index contributed by atoms with van der Waals surface area (Å²) in [6.07, 6.45) is -5.27. The van der Waals surface area contributed by atoms with Gasteiger partial charge < -0.3 is 14.4 Å². The number of nitrogens with zero attached hydrogens (tertiary/aromatic N) is 1. The quantitative estimate of drug-likeness (QED) is 0.732. The summed E-state index contributed by atoms with van der Waals surface area (Å²) in [4.78, 5) is 35.6. The molecule has 0 unspecified atom stereocenters. The molecular weight excluding hydrogens is 319 g/mol. The second-order valence-electron chi connectivity index (χ2n) is 6.30. The van der Waals surface area contributed by atoms with Crippen molar-refractivity contribution in [2.24, 2.45) is 5.92 Å². The van der Waals surface area contributed by atoms with Crippen molar-refractivity contribution in [3.8, 4) is 0 Å². The van der Waals surface area contributed by atoms with Gasteiger partial charge in [0.05, 0.1) is 13.5 Å². The van der Waals surface area contributed by atoms with Gasteiger partial charge in [0.2, 0.25) is 0 Å². The van der Waals surface area contributed by atoms with Crippen molar-refractivity contribution in [1.82, 2.24) is 4.90 Å². The first kappa shape index (κ1) is 19.2. The highest BCUT2D eigenvalue weighted by Gasteiger charge is 2.52. The van der Waals surface area contributed by atoms with Gasteiger partial charge in [-0.1, -0.05) is 0 Å². The fourth-order valence-electron chi connectivity index (χ4n) is 2.44. The van der Waals surface area contributed by atoms with E-state index in [1.807, 2.05) is 0 Å². The maximum absolute atomic E-state index is 12.7. The van der Waals surface area contributed by atoms with Crippen LogP contribution >= 0.6 is 0 Å². The fourth-order valence-corrected chi connectivity index (χ4v) is 2.44. The van der Waals surface area contributed by atoms with E-state index in [1.54, 1.807) is 20.8 Å². The molecule has 1 fully saturated rings. The lowest BCUT2D eigenvalue weighted by Gasteiger charge is -2.30. The molecule has 1 saturated heterocycles. The van der Waals surface area contributed by atoms with Gasteiger partial charge in [-0.25, -0.2) is 4.79 Å². The Balaban J connectivity index is 3.04. The van der Waals surface area contributed by atoms with E-state index >= 15 is 0 Å². The van der Waals surface area contributed by atoms with Gasteiger partial charge in [-0.2, -0.15) is 13.2 Å². The number of methoxy groups -OCH3 is 1. The van der Waals surface area contributed by atoms with Crippen LogP contribution in [0.2, 0.25) is 0 Å². The number of hydrogen-bond acceptors (Lipinski definition) is 5. The highest BCUT2D eigenvalue weighted by Crippen LogP contribution is 2.33. The van der Waals surface area contributed by atoms with Crippen LogP contribution in [-0.2, 0) is 23.9 Å². The molecule has 0 bridgehead atoms. The van der Waals surface area contributed by atoms with Crippen LogP contribution in [0.3, 0.4) is 0 Å². The van der Waals surface area contributed by atoms with Crippen LogP contribution in [0.15, 0.2) is 0 Å². The Labute approximate surface area is 131 Å². The van der Waals surface area contributed by atoms with Gasteiger partial charge in [-0.3, -0.25) is 9.59 Å². The molecule has 0 N–H and O–H groups in total. The Kier molecular flexibility index (Phi) is 5.65. The molecule has 0 aromatic carbocycles. The van der Waals surface area contributed by atoms with Gasteiger partial charge >= 0.3 is 24.0 Å². The molecule has 6 nitrogen and oxygen atoms in total. The zero-order valence-electron chi connectivity index (χ0n) is 13.4. The standard InChI is InChI=1S/C14H20F3NO5/c1-13(2,3)23-11(20)10-8(7-9(19)22-4)5-6-18(10)12(21)14(15,16)17/h8,10H,5-7H2,1-4H3/t8-,10-/m0/s1. The van der Waals surface area contributed by atoms with Crippen molar-refractivity contribution in [1.29, 1.82) is 0 Å². The number of hydrogen-bond donors (Lipinski definition) is 0. The number of carbonyl (C=O) groups is 3. The highest BCUT2D eigenvalue weighted by atomic mass is 19.4. The summed E-state index contributed by atoms with van der Waals surface area (Å²) in [6, 6.07) is -1.46. The number of amides is 1. The minimum Gasteiger partial charge on any atom is -0.469 e. The molecule has 0 saturated carbocycles. The normalized spacial score (nSPS) is 22.0. The number of halogens is 3. The molecule has 0 aliphatic carbocycles. The second-order valence-corrected chi connectivity index (χ2v) is 6.30. The lowest BCUT2D eigenvalue weighted by molar-refractivity contribution is -0.190. The van der Waals surface area contributed by atoms with Crippen molar-refractivity contribution in [2.45, 2.75) is 51.4 Å². The minimum atomic E-state index is -5.10. The smallest absolute Gasteiger partial charge is 0.469 e. The van der Waals surface area contributed by atoms with E-state index in [0.717, 1.165) is 7.11 Å². The Morgan fingerprint density at radius 2 is 1.74 bits per heavy atom. The molecule has 1 heterocycles. The Hall–Kier alpha value is -1.80.